The van der Waals surface area contributed by atoms with E-state index in [1.54, 1.807) is 35.5 Å². The number of rotatable bonds is 8. The monoisotopic (exact) mass is 972 g/mol. The zero-order valence-corrected chi connectivity index (χ0v) is 42.0. The minimum Gasteiger partial charge on any atom is -0.391 e. The number of nitrogens with zero attached hydrogens (tertiary/aromatic N) is 7. The number of pyridine rings is 1. The van der Waals surface area contributed by atoms with Crippen LogP contribution in [0.25, 0.3) is 21.6 Å². The van der Waals surface area contributed by atoms with Gasteiger partial charge in [0.2, 0.25) is 17.7 Å². The molecule has 0 spiro atoms. The van der Waals surface area contributed by atoms with Crippen molar-refractivity contribution >= 4 is 46.5 Å². The third-order valence-electron chi connectivity index (χ3n) is 15.0. The molecular formula is C53H65FN10O5S. The van der Waals surface area contributed by atoms with Crippen LogP contribution in [0.2, 0.25) is 0 Å². The number of aliphatic hydroxyl groups excluding tert-OH is 1. The van der Waals surface area contributed by atoms with Crippen LogP contribution in [0.3, 0.4) is 0 Å². The van der Waals surface area contributed by atoms with Crippen molar-refractivity contribution in [2.75, 3.05) is 30.8 Å². The van der Waals surface area contributed by atoms with Gasteiger partial charge >= 0.3 is 0 Å². The summed E-state index contributed by atoms with van der Waals surface area (Å²) in [6.45, 7) is 12.5. The van der Waals surface area contributed by atoms with E-state index < -0.39 is 35.3 Å². The predicted molar refractivity (Wildman–Crippen MR) is 268 cm³/mol. The Labute approximate surface area is 413 Å². The van der Waals surface area contributed by atoms with Crippen LogP contribution in [0.4, 0.5) is 15.9 Å². The standard InChI is InChI=1S/C53H65FN10O5S/c1-29(32-13-15-33(16-14-32)46-30(2)57-28-70-46)58-50(67)44-24-38(65)26-63(44)52(69)47(53(4,5)6)59-49(66)34-10-8-11-37(19-17-34)64-31(3)45-35-22-43(48(55)56-25-35)62-21-9-12-42(62)40-23-36(54)18-20-39(40)51(68)61(7)27-41(45)60-64/h13-16,18,20,22-23,25,28-29,34,37-38,42,44,47,65H,8-12,17,19,21,24,26-27H2,1-7H3,(H2,55,56)(H,58,67)(H,59,66)/t29-,34?,37?,38+,42+,44-,47+/m0/s1. The number of likely N-dealkylation sites (tertiary alicyclic amines) is 1. The van der Waals surface area contributed by atoms with Crippen LogP contribution in [-0.4, -0.2) is 96.6 Å². The Morgan fingerprint density at radius 2 is 1.71 bits per heavy atom. The maximum Gasteiger partial charge on any atom is 0.254 e. The molecule has 7 atom stereocenters. The maximum absolute atomic E-state index is 14.9. The number of aryl methyl sites for hydroxylation is 1. The molecule has 4 amide bonds. The van der Waals surface area contributed by atoms with E-state index in [0.29, 0.717) is 48.4 Å². The van der Waals surface area contributed by atoms with Crippen LogP contribution in [0.1, 0.15) is 136 Å². The second kappa shape index (κ2) is 19.5. The molecule has 2 unspecified atom stereocenters. The number of carbonyl (C=O) groups excluding carboxylic acids is 4. The van der Waals surface area contributed by atoms with Gasteiger partial charge < -0.3 is 36.2 Å². The highest BCUT2D eigenvalue weighted by molar-refractivity contribution is 7.13. The number of β-amino-alcohol motifs (C(OH)–C–C–N with tert-alkyl or cyclic N) is 1. The van der Waals surface area contributed by atoms with Crippen molar-refractivity contribution in [1.29, 1.82) is 0 Å². The van der Waals surface area contributed by atoms with Crippen LogP contribution in [0, 0.1) is 31.0 Å². The van der Waals surface area contributed by atoms with Crippen molar-refractivity contribution in [1.82, 2.24) is 40.2 Å². The van der Waals surface area contributed by atoms with Crippen LogP contribution < -0.4 is 21.3 Å². The number of halogens is 1. The fraction of sp³-hybridized carbons (Fsp3) is 0.491. The highest BCUT2D eigenvalue weighted by atomic mass is 32.1. The van der Waals surface area contributed by atoms with Crippen molar-refractivity contribution in [3.05, 3.63) is 99.8 Å². The highest BCUT2D eigenvalue weighted by Crippen LogP contribution is 2.44. The van der Waals surface area contributed by atoms with E-state index in [4.69, 9.17) is 10.8 Å². The van der Waals surface area contributed by atoms with Gasteiger partial charge in [0.15, 0.2) is 0 Å². The van der Waals surface area contributed by atoms with Crippen LogP contribution >= 0.6 is 11.3 Å². The number of benzene rings is 2. The predicted octanol–water partition coefficient (Wildman–Crippen LogP) is 7.83. The second-order valence-corrected chi connectivity index (χ2v) is 21.8. The van der Waals surface area contributed by atoms with Gasteiger partial charge in [-0.05, 0) is 106 Å². The van der Waals surface area contributed by atoms with E-state index >= 15 is 0 Å². The van der Waals surface area contributed by atoms with Gasteiger partial charge in [0.05, 0.1) is 58.2 Å². The lowest BCUT2D eigenvalue weighted by molar-refractivity contribution is -0.144. The summed E-state index contributed by atoms with van der Waals surface area (Å²) in [5.41, 5.74) is 15.7. The largest absolute Gasteiger partial charge is 0.391 e. The summed E-state index contributed by atoms with van der Waals surface area (Å²) < 4.78 is 16.9. The molecule has 2 bridgehead atoms. The minimum atomic E-state index is -0.950. The minimum absolute atomic E-state index is 0.0152. The van der Waals surface area contributed by atoms with Crippen molar-refractivity contribution < 1.29 is 28.7 Å². The lowest BCUT2D eigenvalue weighted by Gasteiger charge is -2.36. The molecule has 15 nitrogen and oxygen atoms in total. The van der Waals surface area contributed by atoms with Crippen molar-refractivity contribution in [3.63, 3.8) is 0 Å². The fourth-order valence-electron chi connectivity index (χ4n) is 11.2. The molecule has 2 aromatic carbocycles. The Bertz CT molecular complexity index is 2800. The first-order valence-electron chi connectivity index (χ1n) is 24.6. The first kappa shape index (κ1) is 48.8. The number of anilines is 2. The molecule has 3 aliphatic heterocycles. The van der Waals surface area contributed by atoms with E-state index in [1.165, 1.54) is 17.0 Å². The van der Waals surface area contributed by atoms with Gasteiger partial charge in [-0.15, -0.1) is 11.3 Å². The van der Waals surface area contributed by atoms with Gasteiger partial charge in [0, 0.05) is 61.1 Å². The molecule has 0 radical (unpaired) electrons. The molecule has 1 saturated carbocycles. The highest BCUT2D eigenvalue weighted by Gasteiger charge is 2.45. The van der Waals surface area contributed by atoms with Crippen molar-refractivity contribution in [2.24, 2.45) is 11.3 Å². The topological polar surface area (TPSA) is 192 Å². The van der Waals surface area contributed by atoms with Crippen LogP contribution in [0.15, 0.2) is 60.2 Å². The number of aromatic nitrogens is 4. The zero-order chi connectivity index (χ0) is 49.8. The van der Waals surface area contributed by atoms with Gasteiger partial charge in [-0.3, -0.25) is 23.9 Å². The number of nitrogens with two attached hydrogens (primary N) is 1. The average molecular weight is 973 g/mol. The van der Waals surface area contributed by atoms with Gasteiger partial charge in [-0.25, -0.2) is 14.4 Å². The fourth-order valence-corrected chi connectivity index (χ4v) is 12.0. The maximum atomic E-state index is 14.9. The normalized spacial score (nSPS) is 22.5. The number of hydrogen-bond donors (Lipinski definition) is 4. The quantitative estimate of drug-likeness (QED) is 0.112. The number of nitrogens with one attached hydrogen (secondary N) is 2. The Morgan fingerprint density at radius 3 is 2.44 bits per heavy atom. The van der Waals surface area contributed by atoms with Gasteiger partial charge in [-0.1, -0.05) is 51.5 Å². The summed E-state index contributed by atoms with van der Waals surface area (Å²) in [6.07, 6.45) is 5.86. The van der Waals surface area contributed by atoms with Gasteiger partial charge in [0.1, 0.15) is 23.7 Å². The molecule has 1 aliphatic carbocycles. The Kier molecular flexibility index (Phi) is 13.6. The number of hydrogen-bond acceptors (Lipinski definition) is 11. The number of thiazole rings is 1. The first-order chi connectivity index (χ1) is 33.4. The molecule has 70 heavy (non-hydrogen) atoms. The zero-order valence-electron chi connectivity index (χ0n) is 41.2. The summed E-state index contributed by atoms with van der Waals surface area (Å²) in [4.78, 5) is 72.4. The summed E-state index contributed by atoms with van der Waals surface area (Å²) in [5, 5.41) is 22.3. The Hall–Kier alpha value is -6.20. The molecule has 2 saturated heterocycles. The third-order valence-corrected chi connectivity index (χ3v) is 16.0. The summed E-state index contributed by atoms with van der Waals surface area (Å²) in [7, 11) is 1.75. The SMILES string of the molecule is Cc1ncsc1-c1ccc([C@H](C)NC(=O)[C@@H]2C[C@@H](O)CN2C(=O)[C@@H](NC(=O)C2CCCC(n3nc4c(c3C)-c3cnc(N)c(c3)N3CCC[C@@H]3c3cc(F)ccc3C(=O)N(C)C4)CC2)C(C)(C)C)cc1. The van der Waals surface area contributed by atoms with E-state index in [-0.39, 0.29) is 61.3 Å². The molecule has 3 fully saturated rings. The van der Waals surface area contributed by atoms with E-state index in [1.807, 2.05) is 82.1 Å². The number of amides is 4. The van der Waals surface area contributed by atoms with E-state index in [2.05, 4.69) is 25.5 Å². The van der Waals surface area contributed by atoms with Crippen LogP contribution in [-0.2, 0) is 20.9 Å². The summed E-state index contributed by atoms with van der Waals surface area (Å²) in [5.74, 6) is -1.62. The number of carbonyl (C=O) groups is 4. The summed E-state index contributed by atoms with van der Waals surface area (Å²) >= 11 is 1.58. The van der Waals surface area contributed by atoms with Crippen LogP contribution in [0.5, 0.6) is 0 Å². The Morgan fingerprint density at radius 1 is 0.943 bits per heavy atom. The molecule has 3 aromatic heterocycles. The summed E-state index contributed by atoms with van der Waals surface area (Å²) in [6, 6.07) is 11.9. The van der Waals surface area contributed by atoms with Gasteiger partial charge in [-0.2, -0.15) is 5.10 Å². The molecule has 5 aromatic rings. The van der Waals surface area contributed by atoms with Gasteiger partial charge in [0.25, 0.3) is 5.91 Å². The van der Waals surface area contributed by atoms with Crippen molar-refractivity contribution in [3.8, 4) is 21.6 Å². The molecular weight excluding hydrogens is 908 g/mol. The molecule has 370 valence electrons. The molecule has 6 heterocycles. The van der Waals surface area contributed by atoms with E-state index in [9.17, 15) is 28.7 Å². The second-order valence-electron chi connectivity index (χ2n) is 20.9. The third kappa shape index (κ3) is 9.53. The smallest absolute Gasteiger partial charge is 0.254 e. The molecule has 5 N–H and O–H groups in total. The molecule has 17 heteroatoms. The number of nitrogen functional groups attached to an aromatic ring is 1. The Balaban J connectivity index is 0.905. The van der Waals surface area contributed by atoms with E-state index in [0.717, 1.165) is 69.9 Å². The molecule has 4 aliphatic rings. The average Bonchev–Trinajstić information content (AvgIpc) is 4.11. The lowest BCUT2D eigenvalue weighted by Crippen LogP contribution is -2.58. The number of fused-ring (bicyclic) bond motifs is 8. The lowest BCUT2D eigenvalue weighted by atomic mass is 9.84. The first-order valence-corrected chi connectivity index (χ1v) is 25.5. The van der Waals surface area contributed by atoms with Crippen molar-refractivity contribution in [2.45, 2.75) is 136 Å². The molecule has 9 rings (SSSR count). The number of aliphatic hydroxyl groups is 1.